The molecule has 0 saturated heterocycles. The third-order valence-corrected chi connectivity index (χ3v) is 6.97. The summed E-state index contributed by atoms with van der Waals surface area (Å²) in [5.41, 5.74) is 2.68. The number of carbonyl (C=O) groups is 2. The average Bonchev–Trinajstić information content (AvgIpc) is 3.19. The van der Waals surface area contributed by atoms with Crippen molar-refractivity contribution in [2.45, 2.75) is 39.4 Å². The fourth-order valence-electron chi connectivity index (χ4n) is 3.86. The Morgan fingerprint density at radius 1 is 1.12 bits per heavy atom. The lowest BCUT2D eigenvalue weighted by Crippen LogP contribution is -2.47. The van der Waals surface area contributed by atoms with E-state index in [1.807, 2.05) is 19.9 Å². The van der Waals surface area contributed by atoms with Crippen molar-refractivity contribution >= 4 is 39.9 Å². The number of rotatable bonds is 7. The molecule has 0 saturated carbocycles. The van der Waals surface area contributed by atoms with Crippen LogP contribution in [0.15, 0.2) is 54.6 Å². The van der Waals surface area contributed by atoms with Gasteiger partial charge in [-0.2, -0.15) is 0 Å². The number of anilines is 1. The fourth-order valence-corrected chi connectivity index (χ4v) is 5.14. The molecule has 172 valence electrons. The van der Waals surface area contributed by atoms with E-state index in [-0.39, 0.29) is 17.7 Å². The second-order valence-corrected chi connectivity index (χ2v) is 9.99. The van der Waals surface area contributed by atoms with E-state index in [0.29, 0.717) is 15.7 Å². The Hall–Kier alpha value is -2.74. The molecule has 2 heterocycles. The number of hydrogen-bond acceptors (Lipinski definition) is 5. The molecular formula is C25H27ClN4O2S. The van der Waals surface area contributed by atoms with Crippen LogP contribution in [0.1, 0.15) is 40.3 Å². The normalized spacial score (nSPS) is 14.5. The van der Waals surface area contributed by atoms with E-state index < -0.39 is 6.04 Å². The van der Waals surface area contributed by atoms with Gasteiger partial charge in [0.05, 0.1) is 16.3 Å². The third kappa shape index (κ3) is 5.79. The van der Waals surface area contributed by atoms with E-state index in [9.17, 15) is 9.59 Å². The summed E-state index contributed by atoms with van der Waals surface area (Å²) in [5.74, 6) is -0.755. The summed E-state index contributed by atoms with van der Waals surface area (Å²) >= 11 is 7.64. The molecule has 2 N–H and O–H groups in total. The van der Waals surface area contributed by atoms with Crippen molar-refractivity contribution in [3.8, 4) is 0 Å². The van der Waals surface area contributed by atoms with Crippen LogP contribution in [0.3, 0.4) is 0 Å². The number of carbonyl (C=O) groups excluding carboxylic acids is 2. The van der Waals surface area contributed by atoms with Crippen molar-refractivity contribution in [3.05, 3.63) is 81.3 Å². The molecule has 1 aromatic heterocycles. The topological polar surface area (TPSA) is 74.3 Å². The zero-order valence-electron chi connectivity index (χ0n) is 18.7. The minimum absolute atomic E-state index is 0.104. The second kappa shape index (κ2) is 10.5. The first-order valence-electron chi connectivity index (χ1n) is 11.0. The fraction of sp³-hybridized carbons (Fsp3) is 0.320. The van der Waals surface area contributed by atoms with Crippen molar-refractivity contribution in [1.29, 1.82) is 0 Å². The quantitative estimate of drug-likeness (QED) is 0.509. The first kappa shape index (κ1) is 23.4. The van der Waals surface area contributed by atoms with Gasteiger partial charge in [-0.3, -0.25) is 14.5 Å². The minimum Gasteiger partial charge on any atom is -0.340 e. The standard InChI is InChI=1S/C25H27ClN4O2S/c1-16(2)22(28-23(31)18-10-6-7-11-19(18)26)24(32)29-25-27-20-12-13-30(15-21(20)33-25)14-17-8-4-3-5-9-17/h3-11,16,22H,12-15H2,1-2H3,(H,28,31)(H,27,29,32). The van der Waals surface area contributed by atoms with Gasteiger partial charge < -0.3 is 10.6 Å². The molecule has 33 heavy (non-hydrogen) atoms. The van der Waals surface area contributed by atoms with Gasteiger partial charge in [0.25, 0.3) is 5.91 Å². The van der Waals surface area contributed by atoms with Crippen molar-refractivity contribution in [2.75, 3.05) is 11.9 Å². The minimum atomic E-state index is -0.704. The Labute approximate surface area is 203 Å². The predicted molar refractivity (Wildman–Crippen MR) is 133 cm³/mol. The number of benzene rings is 2. The van der Waals surface area contributed by atoms with Crippen LogP contribution < -0.4 is 10.6 Å². The smallest absolute Gasteiger partial charge is 0.253 e. The number of thiazole rings is 1. The molecule has 0 fully saturated rings. The van der Waals surface area contributed by atoms with Gasteiger partial charge in [-0.1, -0.05) is 67.9 Å². The van der Waals surface area contributed by atoms with E-state index >= 15 is 0 Å². The zero-order valence-corrected chi connectivity index (χ0v) is 20.2. The van der Waals surface area contributed by atoms with E-state index in [4.69, 9.17) is 11.6 Å². The summed E-state index contributed by atoms with van der Waals surface area (Å²) in [5, 5.41) is 6.67. The van der Waals surface area contributed by atoms with Crippen molar-refractivity contribution < 1.29 is 9.59 Å². The Kier molecular flexibility index (Phi) is 7.42. The Bertz CT molecular complexity index is 1130. The maximum atomic E-state index is 13.0. The Morgan fingerprint density at radius 2 is 1.85 bits per heavy atom. The van der Waals surface area contributed by atoms with Crippen LogP contribution in [0.2, 0.25) is 5.02 Å². The number of fused-ring (bicyclic) bond motifs is 1. The lowest BCUT2D eigenvalue weighted by atomic mass is 10.0. The SMILES string of the molecule is CC(C)C(NC(=O)c1ccccc1Cl)C(=O)Nc1nc2c(s1)CN(Cc1ccccc1)CC2. The summed E-state index contributed by atoms with van der Waals surface area (Å²) in [6, 6.07) is 16.5. The largest absolute Gasteiger partial charge is 0.340 e. The molecule has 0 radical (unpaired) electrons. The molecule has 1 aliphatic heterocycles. The highest BCUT2D eigenvalue weighted by Gasteiger charge is 2.27. The van der Waals surface area contributed by atoms with Gasteiger partial charge in [-0.25, -0.2) is 4.98 Å². The number of hydrogen-bond donors (Lipinski definition) is 2. The Balaban J connectivity index is 1.40. The van der Waals surface area contributed by atoms with Crippen molar-refractivity contribution in [3.63, 3.8) is 0 Å². The number of nitrogens with zero attached hydrogens (tertiary/aromatic N) is 2. The summed E-state index contributed by atoms with van der Waals surface area (Å²) in [4.78, 5) is 33.9. The molecular weight excluding hydrogens is 456 g/mol. The van der Waals surface area contributed by atoms with Crippen LogP contribution in [0.4, 0.5) is 5.13 Å². The highest BCUT2D eigenvalue weighted by Crippen LogP contribution is 2.29. The van der Waals surface area contributed by atoms with E-state index in [1.165, 1.54) is 21.8 Å². The number of amides is 2. The van der Waals surface area contributed by atoms with E-state index in [0.717, 1.165) is 31.7 Å². The summed E-state index contributed by atoms with van der Waals surface area (Å²) in [6.07, 6.45) is 0.853. The van der Waals surface area contributed by atoms with E-state index in [1.54, 1.807) is 24.3 Å². The van der Waals surface area contributed by atoms with E-state index in [2.05, 4.69) is 44.8 Å². The van der Waals surface area contributed by atoms with Gasteiger partial charge in [-0.05, 0) is 23.6 Å². The predicted octanol–water partition coefficient (Wildman–Crippen LogP) is 4.75. The summed E-state index contributed by atoms with van der Waals surface area (Å²) in [7, 11) is 0. The van der Waals surface area contributed by atoms with Crippen LogP contribution in [0.25, 0.3) is 0 Å². The van der Waals surface area contributed by atoms with Gasteiger partial charge in [0.2, 0.25) is 5.91 Å². The molecule has 0 spiro atoms. The number of nitrogens with one attached hydrogen (secondary N) is 2. The highest BCUT2D eigenvalue weighted by molar-refractivity contribution is 7.15. The van der Waals surface area contributed by atoms with Gasteiger partial charge >= 0.3 is 0 Å². The average molecular weight is 483 g/mol. The molecule has 1 aliphatic rings. The maximum Gasteiger partial charge on any atom is 0.253 e. The van der Waals surface area contributed by atoms with Crippen molar-refractivity contribution in [2.24, 2.45) is 5.92 Å². The molecule has 3 aromatic rings. The molecule has 0 bridgehead atoms. The third-order valence-electron chi connectivity index (χ3n) is 5.64. The molecule has 2 aromatic carbocycles. The molecule has 1 unspecified atom stereocenters. The second-order valence-electron chi connectivity index (χ2n) is 8.50. The Morgan fingerprint density at radius 3 is 2.58 bits per heavy atom. The molecule has 1 atom stereocenters. The van der Waals surface area contributed by atoms with Gasteiger partial charge in [0.15, 0.2) is 5.13 Å². The molecule has 4 rings (SSSR count). The first-order chi connectivity index (χ1) is 15.9. The molecule has 8 heteroatoms. The van der Waals surface area contributed by atoms with Gasteiger partial charge in [-0.15, -0.1) is 11.3 Å². The molecule has 2 amide bonds. The van der Waals surface area contributed by atoms with Gasteiger partial charge in [0.1, 0.15) is 6.04 Å². The summed E-state index contributed by atoms with van der Waals surface area (Å²) < 4.78 is 0. The van der Waals surface area contributed by atoms with Gasteiger partial charge in [0, 0.05) is 30.9 Å². The van der Waals surface area contributed by atoms with Crippen molar-refractivity contribution in [1.82, 2.24) is 15.2 Å². The van der Waals surface area contributed by atoms with Crippen LogP contribution in [0.5, 0.6) is 0 Å². The highest BCUT2D eigenvalue weighted by atomic mass is 35.5. The lowest BCUT2D eigenvalue weighted by Gasteiger charge is -2.25. The number of halogens is 1. The monoisotopic (exact) mass is 482 g/mol. The molecule has 6 nitrogen and oxygen atoms in total. The van der Waals surface area contributed by atoms with Crippen LogP contribution in [0, 0.1) is 5.92 Å². The number of aromatic nitrogens is 1. The van der Waals surface area contributed by atoms with Crippen LogP contribution in [-0.2, 0) is 24.3 Å². The summed E-state index contributed by atoms with van der Waals surface area (Å²) in [6.45, 7) is 6.43. The molecule has 0 aliphatic carbocycles. The maximum absolute atomic E-state index is 13.0. The van der Waals surface area contributed by atoms with Crippen LogP contribution >= 0.6 is 22.9 Å². The lowest BCUT2D eigenvalue weighted by molar-refractivity contribution is -0.118. The van der Waals surface area contributed by atoms with Crippen LogP contribution in [-0.4, -0.2) is 34.3 Å². The zero-order chi connectivity index (χ0) is 23.4. The first-order valence-corrected chi connectivity index (χ1v) is 12.2.